The van der Waals surface area contributed by atoms with Crippen LogP contribution in [0.4, 0.5) is 0 Å². The molecule has 0 rings (SSSR count). The molecule has 0 saturated heterocycles. The summed E-state index contributed by atoms with van der Waals surface area (Å²) in [5.74, 6) is -0.0602. The Balaban J connectivity index is 0. The normalized spacial score (nSPS) is 10.9. The maximum Gasteiger partial charge on any atom is 0.288 e. The molecular weight excluding hydrogens is 164 g/mol. The lowest BCUT2D eigenvalue weighted by molar-refractivity contribution is -0.905. The van der Waals surface area contributed by atoms with Crippen molar-refractivity contribution < 1.29 is 21.8 Å². The second-order valence-corrected chi connectivity index (χ2v) is 2.99. The third kappa shape index (κ3) is 9.46. The maximum atomic E-state index is 10.8. The number of amides is 1. The lowest BCUT2D eigenvalue weighted by Gasteiger charge is -2.22. The van der Waals surface area contributed by atoms with Gasteiger partial charge >= 0.3 is 0 Å². The number of nitrogens with zero attached hydrogens (tertiary/aromatic N) is 1. The van der Waals surface area contributed by atoms with E-state index in [1.54, 1.807) is 6.08 Å². The predicted molar refractivity (Wildman–Crippen MR) is 41.0 cm³/mol. The number of allylic oxidation sites excluding steroid dienone is 1. The maximum absolute atomic E-state index is 10.8. The minimum Gasteiger partial charge on any atom is -1.00 e. The van der Waals surface area contributed by atoms with Gasteiger partial charge in [0.2, 0.25) is 0 Å². The van der Waals surface area contributed by atoms with Gasteiger partial charge in [0.25, 0.3) is 5.91 Å². The Bertz CT molecular complexity index is 149. The number of carbonyl (C=O) groups excluding carboxylic acids is 1. The zero-order chi connectivity index (χ0) is 8.20. The van der Waals surface area contributed by atoms with Gasteiger partial charge in [0, 0.05) is 6.08 Å². The topological polar surface area (TPSA) is 29.1 Å². The molecule has 0 aliphatic rings. The molecule has 0 aromatic carbocycles. The molecule has 0 heterocycles. The minimum absolute atomic E-state index is 0. The smallest absolute Gasteiger partial charge is 0.288 e. The van der Waals surface area contributed by atoms with Crippen molar-refractivity contribution in [1.29, 1.82) is 0 Å². The summed E-state index contributed by atoms with van der Waals surface area (Å²) in [4.78, 5) is 10.8. The van der Waals surface area contributed by atoms with Crippen LogP contribution in [-0.2, 0) is 4.79 Å². The number of quaternary nitrogens is 1. The number of hydrogen-bond acceptors (Lipinski definition) is 1. The van der Waals surface area contributed by atoms with E-state index in [-0.39, 0.29) is 18.3 Å². The van der Waals surface area contributed by atoms with E-state index in [0.29, 0.717) is 4.59 Å². The van der Waals surface area contributed by atoms with Gasteiger partial charge in [0.15, 0.2) is 0 Å². The Morgan fingerprint density at radius 1 is 1.36 bits per heavy atom. The fraction of sp³-hybridized carbons (Fsp3) is 0.571. The second kappa shape index (κ2) is 5.16. The first kappa shape index (κ1) is 13.1. The van der Waals surface area contributed by atoms with Crippen LogP contribution in [-0.4, -0.2) is 31.6 Å². The van der Waals surface area contributed by atoms with Crippen molar-refractivity contribution in [1.82, 2.24) is 5.43 Å². The highest BCUT2D eigenvalue weighted by molar-refractivity contribution is 5.86. The Hall–Kier alpha value is -0.540. The van der Waals surface area contributed by atoms with E-state index in [4.69, 9.17) is 0 Å². The van der Waals surface area contributed by atoms with Gasteiger partial charge in [-0.25, -0.2) is 4.59 Å². The quantitative estimate of drug-likeness (QED) is 0.279. The molecule has 0 aliphatic heterocycles. The molecule has 1 amide bonds. The fourth-order valence-corrected chi connectivity index (χ4v) is 0.519. The zero-order valence-corrected chi connectivity index (χ0v) is 8.14. The molecule has 0 fully saturated rings. The molecule has 0 bridgehead atoms. The fourth-order valence-electron chi connectivity index (χ4n) is 0.519. The average molecular weight is 179 g/mol. The molecule has 1 N–H and O–H groups in total. The molecule has 0 aliphatic carbocycles. The van der Waals surface area contributed by atoms with Gasteiger partial charge in [-0.1, -0.05) is 6.08 Å². The molecule has 0 aromatic rings. The van der Waals surface area contributed by atoms with E-state index in [0.717, 1.165) is 0 Å². The summed E-state index contributed by atoms with van der Waals surface area (Å²) in [7, 11) is 5.67. The van der Waals surface area contributed by atoms with E-state index in [2.05, 4.69) is 5.43 Å². The predicted octanol–water partition coefficient (Wildman–Crippen LogP) is -2.70. The lowest BCUT2D eigenvalue weighted by Crippen LogP contribution is -3.00. The summed E-state index contributed by atoms with van der Waals surface area (Å²) in [6, 6.07) is 0. The summed E-state index contributed by atoms with van der Waals surface area (Å²) in [6.45, 7) is 1.81. The monoisotopic (exact) mass is 178 g/mol. The standard InChI is InChI=1S/C7H14N2O.ClH/c1-5-6-7(10)8-9(2,3)4;/h5-6H,1-4H3;1H. The van der Waals surface area contributed by atoms with Crippen LogP contribution in [0, 0.1) is 0 Å². The average Bonchev–Trinajstić information content (AvgIpc) is 1.59. The Morgan fingerprint density at radius 2 is 1.82 bits per heavy atom. The van der Waals surface area contributed by atoms with Crippen LogP contribution < -0.4 is 17.8 Å². The molecule has 0 radical (unpaired) electrons. The van der Waals surface area contributed by atoms with Crippen molar-refractivity contribution in [2.45, 2.75) is 6.92 Å². The number of carbonyl (C=O) groups is 1. The highest BCUT2D eigenvalue weighted by Crippen LogP contribution is 1.82. The summed E-state index contributed by atoms with van der Waals surface area (Å²) in [6.07, 6.45) is 3.22. The Morgan fingerprint density at radius 3 is 2.09 bits per heavy atom. The highest BCUT2D eigenvalue weighted by atomic mass is 35.5. The SMILES string of the molecule is CC=CC(=O)N[N+](C)(C)C.[Cl-]. The van der Waals surface area contributed by atoms with Crippen LogP contribution in [0.25, 0.3) is 0 Å². The lowest BCUT2D eigenvalue weighted by atomic mass is 10.5. The first-order valence-electron chi connectivity index (χ1n) is 3.22. The molecule has 4 heteroatoms. The molecular formula is C7H15ClN2O. The van der Waals surface area contributed by atoms with E-state index in [9.17, 15) is 4.79 Å². The highest BCUT2D eigenvalue weighted by Gasteiger charge is 2.08. The molecule has 0 spiro atoms. The van der Waals surface area contributed by atoms with Gasteiger partial charge in [0.1, 0.15) is 0 Å². The molecule has 0 unspecified atom stereocenters. The number of rotatable bonds is 2. The molecule has 0 aromatic heterocycles. The van der Waals surface area contributed by atoms with Crippen LogP contribution in [0.1, 0.15) is 6.92 Å². The third-order valence-electron chi connectivity index (χ3n) is 0.764. The summed E-state index contributed by atoms with van der Waals surface area (Å²) in [5, 5.41) is 0. The van der Waals surface area contributed by atoms with Crippen molar-refractivity contribution in [2.75, 3.05) is 21.1 Å². The van der Waals surface area contributed by atoms with Crippen molar-refractivity contribution in [3.8, 4) is 0 Å². The minimum atomic E-state index is -0.0602. The van der Waals surface area contributed by atoms with Gasteiger partial charge in [-0.15, -0.1) is 0 Å². The van der Waals surface area contributed by atoms with Gasteiger partial charge in [-0.3, -0.25) is 4.79 Å². The largest absolute Gasteiger partial charge is 1.00 e. The molecule has 0 saturated carbocycles. The van der Waals surface area contributed by atoms with Gasteiger partial charge in [0.05, 0.1) is 21.1 Å². The van der Waals surface area contributed by atoms with Crippen LogP contribution >= 0.6 is 0 Å². The molecule has 66 valence electrons. The van der Waals surface area contributed by atoms with Crippen LogP contribution in [0.5, 0.6) is 0 Å². The van der Waals surface area contributed by atoms with Gasteiger partial charge in [-0.05, 0) is 6.92 Å². The van der Waals surface area contributed by atoms with Crippen molar-refractivity contribution in [3.05, 3.63) is 12.2 Å². The number of hydrogen-bond donors (Lipinski definition) is 1. The van der Waals surface area contributed by atoms with Gasteiger partial charge < -0.3 is 12.4 Å². The van der Waals surface area contributed by atoms with Gasteiger partial charge in [-0.2, -0.15) is 5.43 Å². The summed E-state index contributed by atoms with van der Waals surface area (Å²) < 4.78 is 0.448. The summed E-state index contributed by atoms with van der Waals surface area (Å²) >= 11 is 0. The first-order chi connectivity index (χ1) is 4.45. The second-order valence-electron chi connectivity index (χ2n) is 2.99. The Labute approximate surface area is 74.0 Å². The molecule has 11 heavy (non-hydrogen) atoms. The summed E-state index contributed by atoms with van der Waals surface area (Å²) in [5.41, 5.74) is 2.73. The van der Waals surface area contributed by atoms with Crippen molar-refractivity contribution in [2.24, 2.45) is 0 Å². The van der Waals surface area contributed by atoms with Crippen LogP contribution in [0.15, 0.2) is 12.2 Å². The van der Waals surface area contributed by atoms with Crippen LogP contribution in [0.3, 0.4) is 0 Å². The van der Waals surface area contributed by atoms with Crippen molar-refractivity contribution >= 4 is 5.91 Å². The molecule has 3 nitrogen and oxygen atoms in total. The zero-order valence-electron chi connectivity index (χ0n) is 7.39. The van der Waals surface area contributed by atoms with E-state index in [1.807, 2.05) is 28.1 Å². The van der Waals surface area contributed by atoms with Crippen molar-refractivity contribution in [3.63, 3.8) is 0 Å². The number of nitrogens with one attached hydrogen (secondary N) is 1. The van der Waals surface area contributed by atoms with E-state index >= 15 is 0 Å². The molecule has 0 atom stereocenters. The third-order valence-corrected chi connectivity index (χ3v) is 0.764. The van der Waals surface area contributed by atoms with E-state index in [1.165, 1.54) is 6.08 Å². The Kier molecular flexibility index (Phi) is 6.13. The van der Waals surface area contributed by atoms with E-state index < -0.39 is 0 Å². The van der Waals surface area contributed by atoms with Crippen LogP contribution in [0.2, 0.25) is 0 Å². The first-order valence-corrected chi connectivity index (χ1v) is 3.22. The number of halogens is 1.